The molecule has 186 valence electrons. The minimum atomic E-state index is -0.329. The van der Waals surface area contributed by atoms with Crippen molar-refractivity contribution in [2.24, 2.45) is 18.9 Å². The van der Waals surface area contributed by atoms with Crippen molar-refractivity contribution in [2.45, 2.75) is 38.6 Å². The summed E-state index contributed by atoms with van der Waals surface area (Å²) in [4.78, 5) is 43.3. The molecule has 4 rings (SSSR count). The Kier molecular flexibility index (Phi) is 7.23. The molecule has 0 atom stereocenters. The lowest BCUT2D eigenvalue weighted by Gasteiger charge is -2.28. The second kappa shape index (κ2) is 10.3. The van der Waals surface area contributed by atoms with E-state index in [0.717, 1.165) is 31.2 Å². The number of aromatic nitrogens is 3. The number of pyridine rings is 1. The van der Waals surface area contributed by atoms with Gasteiger partial charge in [-0.15, -0.1) is 0 Å². The Morgan fingerprint density at radius 2 is 1.74 bits per heavy atom. The zero-order valence-electron chi connectivity index (χ0n) is 20.6. The summed E-state index contributed by atoms with van der Waals surface area (Å²) in [5.41, 5.74) is 0.682. The smallest absolute Gasteiger partial charge is 0.331 e. The third-order valence-electron chi connectivity index (χ3n) is 6.98. The highest BCUT2D eigenvalue weighted by Gasteiger charge is 2.28. The van der Waals surface area contributed by atoms with Crippen LogP contribution in [0.5, 0.6) is 17.5 Å². The summed E-state index contributed by atoms with van der Waals surface area (Å²) in [5, 5.41) is 0.456. The minimum Gasteiger partial charge on any atom is -0.497 e. The fourth-order valence-electron chi connectivity index (χ4n) is 4.92. The first-order valence-electron chi connectivity index (χ1n) is 11.7. The number of carbonyl (C=O) groups excluding carboxylic acids is 1. The summed E-state index contributed by atoms with van der Waals surface area (Å²) in [6, 6.07) is 8.67. The van der Waals surface area contributed by atoms with Crippen LogP contribution in [0.25, 0.3) is 10.9 Å². The lowest BCUT2D eigenvalue weighted by atomic mass is 9.79. The number of nitrogens with zero attached hydrogens (tertiary/aromatic N) is 3. The number of hydrogen-bond acceptors (Lipinski definition) is 7. The van der Waals surface area contributed by atoms with Crippen molar-refractivity contribution < 1.29 is 19.0 Å². The molecule has 0 radical (unpaired) electrons. The van der Waals surface area contributed by atoms with Gasteiger partial charge in [0.15, 0.2) is 0 Å². The first kappa shape index (κ1) is 24.5. The Morgan fingerprint density at radius 3 is 2.40 bits per heavy atom. The second-order valence-electron chi connectivity index (χ2n) is 9.02. The lowest BCUT2D eigenvalue weighted by Crippen LogP contribution is -2.41. The fourth-order valence-corrected chi connectivity index (χ4v) is 4.92. The van der Waals surface area contributed by atoms with E-state index in [9.17, 15) is 14.4 Å². The molecule has 0 bridgehead atoms. The van der Waals surface area contributed by atoms with E-state index in [0.29, 0.717) is 35.0 Å². The molecule has 1 fully saturated rings. The van der Waals surface area contributed by atoms with E-state index in [2.05, 4.69) is 4.98 Å². The van der Waals surface area contributed by atoms with Crippen LogP contribution in [0.4, 0.5) is 0 Å². The summed E-state index contributed by atoms with van der Waals surface area (Å²) in [6.07, 6.45) is 3.26. The number of hydrogen-bond donors (Lipinski definition) is 0. The fraction of sp³-hybridized carbons (Fsp3) is 0.462. The number of aryl methyl sites for hydroxylation is 1. The average molecular weight is 482 g/mol. The number of carbonyl (C=O) groups is 1. The van der Waals surface area contributed by atoms with Crippen molar-refractivity contribution in [1.29, 1.82) is 0 Å². The molecule has 3 aromatic rings. The van der Waals surface area contributed by atoms with Crippen molar-refractivity contribution in [1.82, 2.24) is 14.1 Å². The summed E-state index contributed by atoms with van der Waals surface area (Å²) in [7, 11) is 6.27. The van der Waals surface area contributed by atoms with E-state index in [1.54, 1.807) is 38.4 Å². The predicted molar refractivity (Wildman–Crippen MR) is 132 cm³/mol. The Hall–Kier alpha value is -3.62. The number of fused-ring (bicyclic) bond motifs is 1. The van der Waals surface area contributed by atoms with Crippen molar-refractivity contribution in [3.63, 3.8) is 0 Å². The van der Waals surface area contributed by atoms with Gasteiger partial charge in [-0.1, -0.05) is 0 Å². The maximum Gasteiger partial charge on any atom is 0.331 e. The molecule has 0 amide bonds. The number of ketones is 1. The molecule has 0 saturated heterocycles. The molecule has 9 nitrogen and oxygen atoms in total. The van der Waals surface area contributed by atoms with Crippen molar-refractivity contribution >= 4 is 16.7 Å². The quantitative estimate of drug-likeness (QED) is 0.488. The molecule has 0 aliphatic heterocycles. The highest BCUT2D eigenvalue weighted by atomic mass is 16.5. The van der Waals surface area contributed by atoms with E-state index < -0.39 is 0 Å². The van der Waals surface area contributed by atoms with E-state index in [-0.39, 0.29) is 35.3 Å². The van der Waals surface area contributed by atoms with Gasteiger partial charge in [0.1, 0.15) is 11.5 Å². The number of methoxy groups -OCH3 is 3. The predicted octanol–water partition coefficient (Wildman–Crippen LogP) is 2.74. The Morgan fingerprint density at radius 1 is 1.00 bits per heavy atom. The van der Waals surface area contributed by atoms with Gasteiger partial charge in [-0.2, -0.15) is 4.98 Å². The highest BCUT2D eigenvalue weighted by molar-refractivity contribution is 5.84. The number of ether oxygens (including phenoxy) is 3. The third-order valence-corrected chi connectivity index (χ3v) is 6.98. The largest absolute Gasteiger partial charge is 0.497 e. The zero-order chi connectivity index (χ0) is 25.1. The Labute approximate surface area is 203 Å². The minimum absolute atomic E-state index is 0.0570. The zero-order valence-corrected chi connectivity index (χ0v) is 20.6. The monoisotopic (exact) mass is 481 g/mol. The maximum atomic E-state index is 13.1. The Bertz CT molecular complexity index is 1350. The molecule has 2 heterocycles. The van der Waals surface area contributed by atoms with Gasteiger partial charge in [0.05, 0.1) is 32.2 Å². The molecule has 1 aromatic carbocycles. The Balaban J connectivity index is 1.45. The number of rotatable bonds is 8. The van der Waals surface area contributed by atoms with Gasteiger partial charge >= 0.3 is 5.69 Å². The van der Waals surface area contributed by atoms with Crippen molar-refractivity contribution in [3.8, 4) is 17.5 Å². The van der Waals surface area contributed by atoms with E-state index in [1.165, 1.54) is 23.4 Å². The van der Waals surface area contributed by atoms with Crippen LogP contribution in [-0.4, -0.2) is 41.2 Å². The van der Waals surface area contributed by atoms with Crippen LogP contribution in [0.1, 0.15) is 31.2 Å². The van der Waals surface area contributed by atoms with Gasteiger partial charge in [-0.3, -0.25) is 18.7 Å². The number of benzene rings is 1. The van der Waals surface area contributed by atoms with Gasteiger partial charge < -0.3 is 14.2 Å². The van der Waals surface area contributed by atoms with E-state index >= 15 is 0 Å². The van der Waals surface area contributed by atoms with Crippen LogP contribution in [-0.2, 0) is 24.8 Å². The summed E-state index contributed by atoms with van der Waals surface area (Å²) < 4.78 is 18.5. The molecule has 0 spiro atoms. The van der Waals surface area contributed by atoms with Crippen LogP contribution in [0.3, 0.4) is 0 Å². The van der Waals surface area contributed by atoms with Gasteiger partial charge in [-0.05, 0) is 55.9 Å². The van der Waals surface area contributed by atoms with Gasteiger partial charge in [0.25, 0.3) is 5.56 Å². The average Bonchev–Trinajstić information content (AvgIpc) is 2.90. The molecule has 0 unspecified atom stereocenters. The van der Waals surface area contributed by atoms with Gasteiger partial charge in [0, 0.05) is 37.6 Å². The summed E-state index contributed by atoms with van der Waals surface area (Å²) in [6.45, 7) is 0.343. The first-order valence-corrected chi connectivity index (χ1v) is 11.7. The van der Waals surface area contributed by atoms with Gasteiger partial charge in [0.2, 0.25) is 11.8 Å². The molecule has 35 heavy (non-hydrogen) atoms. The molecule has 1 aliphatic rings. The molecular weight excluding hydrogens is 450 g/mol. The molecule has 2 aromatic heterocycles. The van der Waals surface area contributed by atoms with E-state index in [1.807, 2.05) is 6.07 Å². The molecular formula is C26H31N3O6. The van der Waals surface area contributed by atoms with Crippen molar-refractivity contribution in [3.05, 3.63) is 56.7 Å². The van der Waals surface area contributed by atoms with E-state index in [4.69, 9.17) is 14.2 Å². The topological polar surface area (TPSA) is 102 Å². The van der Waals surface area contributed by atoms with Crippen LogP contribution in [0.15, 0.2) is 39.9 Å². The van der Waals surface area contributed by atoms with Crippen LogP contribution in [0, 0.1) is 11.8 Å². The first-order chi connectivity index (χ1) is 16.9. The normalized spacial score (nSPS) is 17.8. The standard InChI is InChI=1S/C26H31N3O6/c1-28-21-11-10-19(33-2)14-20(21)25(31)29(26(28)32)15-16-5-7-17(8-6-16)22(30)13-18-9-12-23(34-3)27-24(18)35-4/h9-12,14,16-17H,5-8,13,15H2,1-4H3. The van der Waals surface area contributed by atoms with Crippen LogP contribution >= 0.6 is 0 Å². The maximum absolute atomic E-state index is 13.1. The molecule has 9 heteroatoms. The SMILES string of the molecule is COc1ccc2c(c1)c(=O)n(CC1CCC(C(=O)Cc3ccc(OC)nc3OC)CC1)c(=O)n2C. The lowest BCUT2D eigenvalue weighted by molar-refractivity contribution is -0.123. The van der Waals surface area contributed by atoms with Crippen molar-refractivity contribution in [2.75, 3.05) is 21.3 Å². The third kappa shape index (κ3) is 4.94. The molecule has 1 saturated carbocycles. The number of Topliss-reactive ketones (excluding diaryl/α,β-unsaturated/α-hetero) is 1. The molecule has 1 aliphatic carbocycles. The second-order valence-corrected chi connectivity index (χ2v) is 9.02. The van der Waals surface area contributed by atoms with Crippen LogP contribution in [0.2, 0.25) is 0 Å². The highest BCUT2D eigenvalue weighted by Crippen LogP contribution is 2.32. The molecule has 0 N–H and O–H groups in total. The summed E-state index contributed by atoms with van der Waals surface area (Å²) in [5.74, 6) is 1.66. The van der Waals surface area contributed by atoms with Crippen LogP contribution < -0.4 is 25.5 Å². The van der Waals surface area contributed by atoms with Gasteiger partial charge in [-0.25, -0.2) is 4.79 Å². The summed E-state index contributed by atoms with van der Waals surface area (Å²) >= 11 is 0.